The van der Waals surface area contributed by atoms with Crippen LogP contribution in [0.2, 0.25) is 0 Å². The largest absolute Gasteiger partial charge is 0.370 e. The molecule has 0 aromatic heterocycles. The molecular weight excluding hydrogens is 1230 g/mol. The van der Waals surface area contributed by atoms with E-state index in [0.717, 1.165) is 6.42 Å². The molecule has 0 radical (unpaired) electrons. The van der Waals surface area contributed by atoms with Gasteiger partial charge in [0, 0.05) is 45.3 Å². The van der Waals surface area contributed by atoms with Gasteiger partial charge in [0.15, 0.2) is 5.96 Å². The summed E-state index contributed by atoms with van der Waals surface area (Å²) in [5, 5.41) is 21.1. The van der Waals surface area contributed by atoms with Crippen molar-refractivity contribution in [1.29, 1.82) is 0 Å². The summed E-state index contributed by atoms with van der Waals surface area (Å²) in [6.07, 6.45) is 2.69. The third kappa shape index (κ3) is 27.3. The average Bonchev–Trinajstić information content (AvgIpc) is 1.74. The number of guanidine groups is 1. The Balaban J connectivity index is 1.56. The third-order valence-electron chi connectivity index (χ3n) is 16.3. The van der Waals surface area contributed by atoms with Gasteiger partial charge in [-0.25, -0.2) is 0 Å². The van der Waals surface area contributed by atoms with Gasteiger partial charge < -0.3 is 92.5 Å². The highest BCUT2D eigenvalue weighted by Gasteiger charge is 2.42. The van der Waals surface area contributed by atoms with Crippen LogP contribution in [0.3, 0.4) is 0 Å². The molecule has 10 atom stereocenters. The van der Waals surface area contributed by atoms with Crippen LogP contribution in [0.1, 0.15) is 141 Å². The van der Waals surface area contributed by atoms with Crippen molar-refractivity contribution in [3.05, 3.63) is 71.8 Å². The predicted molar refractivity (Wildman–Crippen MR) is 352 cm³/mol. The summed E-state index contributed by atoms with van der Waals surface area (Å²) in [7, 11) is 0. The van der Waals surface area contributed by atoms with Crippen molar-refractivity contribution >= 4 is 82.8 Å². The second-order valence-corrected chi connectivity index (χ2v) is 24.5. The van der Waals surface area contributed by atoms with E-state index < -0.39 is 169 Å². The van der Waals surface area contributed by atoms with E-state index in [1.54, 1.807) is 60.7 Å². The number of carbonyl (C=O) groups excluding carboxylic acids is 13. The van der Waals surface area contributed by atoms with Crippen molar-refractivity contribution in [2.24, 2.45) is 51.0 Å². The van der Waals surface area contributed by atoms with Crippen molar-refractivity contribution < 1.29 is 62.3 Å². The van der Waals surface area contributed by atoms with Gasteiger partial charge in [0.2, 0.25) is 76.8 Å². The molecule has 2 aromatic carbocycles. The topological polar surface area (TPSA) is 519 Å². The first-order valence-corrected chi connectivity index (χ1v) is 32.7. The van der Waals surface area contributed by atoms with E-state index in [0.29, 0.717) is 62.5 Å². The lowest BCUT2D eigenvalue weighted by atomic mass is 10.0. The van der Waals surface area contributed by atoms with Gasteiger partial charge in [-0.15, -0.1) is 0 Å². The molecule has 31 nitrogen and oxygen atoms in total. The number of nitrogens with zero attached hydrogens (tertiary/aromatic N) is 3. The molecule has 0 bridgehead atoms. The van der Waals surface area contributed by atoms with Crippen molar-refractivity contribution in [2.75, 3.05) is 32.7 Å². The van der Waals surface area contributed by atoms with Gasteiger partial charge in [-0.3, -0.25) is 67.3 Å². The fourth-order valence-electron chi connectivity index (χ4n) is 11.2. The summed E-state index contributed by atoms with van der Waals surface area (Å²) in [6.45, 7) is 5.79. The molecule has 95 heavy (non-hydrogen) atoms. The normalized spacial score (nSPS) is 16.8. The number of primary amides is 3. The number of carbonyl (C=O) groups is 13. The van der Waals surface area contributed by atoms with Crippen LogP contribution in [-0.4, -0.2) is 186 Å². The van der Waals surface area contributed by atoms with Crippen molar-refractivity contribution in [2.45, 2.75) is 203 Å². The Morgan fingerprint density at radius 3 is 1.47 bits per heavy atom. The molecular formula is C64H100N18O13. The maximum atomic E-state index is 14.7. The molecule has 4 rings (SSSR count). The van der Waals surface area contributed by atoms with E-state index in [9.17, 15) is 62.3 Å². The Hall–Kier alpha value is -9.26. The molecule has 13 amide bonds. The van der Waals surface area contributed by atoms with Gasteiger partial charge in [0.05, 0.1) is 12.6 Å². The summed E-state index contributed by atoms with van der Waals surface area (Å²) < 4.78 is 0. The molecule has 2 heterocycles. The highest BCUT2D eigenvalue weighted by Crippen LogP contribution is 2.24. The number of aliphatic imine (C=N–C) groups is 1. The van der Waals surface area contributed by atoms with Crippen LogP contribution in [0.5, 0.6) is 0 Å². The summed E-state index contributed by atoms with van der Waals surface area (Å²) in [5.74, 6) is -10.3. The number of hydrogen-bond donors (Lipinski definition) is 15. The van der Waals surface area contributed by atoms with Crippen molar-refractivity contribution in [3.8, 4) is 0 Å². The minimum atomic E-state index is -1.64. The fourth-order valence-corrected chi connectivity index (χ4v) is 11.2. The van der Waals surface area contributed by atoms with Gasteiger partial charge >= 0.3 is 0 Å². The van der Waals surface area contributed by atoms with Crippen LogP contribution in [0.25, 0.3) is 0 Å². The number of nitrogens with two attached hydrogens (primary N) is 7. The molecule has 2 saturated heterocycles. The first kappa shape index (κ1) is 78.2. The van der Waals surface area contributed by atoms with Gasteiger partial charge in [-0.05, 0) is 107 Å². The smallest absolute Gasteiger partial charge is 0.245 e. The average molecular weight is 1330 g/mol. The summed E-state index contributed by atoms with van der Waals surface area (Å²) in [5.41, 5.74) is 40.6. The molecule has 31 heteroatoms. The van der Waals surface area contributed by atoms with Gasteiger partial charge in [-0.2, -0.15) is 0 Å². The SMILES string of the molecule is CCCC[C@H](NC(=O)[C@H](CC(C)C)NC(=O)CNC(=O)[C@H](Cc1ccccc1)NC(=O)[C@H](Cc1ccccc1)NC(=O)[C@H](CCC(N)=O)NC(=O)[C@H](CCC(N)=O)NC(=O)[C@@H]1CCCN1C(=O)[C@H](CCCCN)NC(=O)[C@@H]1CCCN1C(=O)[C@@H](N)CCCN=C(N)N)C(N)=O. The Morgan fingerprint density at radius 1 is 0.516 bits per heavy atom. The number of likely N-dealkylation sites (tertiary alicyclic amines) is 2. The Morgan fingerprint density at radius 2 is 0.979 bits per heavy atom. The molecule has 22 N–H and O–H groups in total. The van der Waals surface area contributed by atoms with E-state index in [1.807, 2.05) is 20.8 Å². The second kappa shape index (κ2) is 40.8. The predicted octanol–water partition coefficient (Wildman–Crippen LogP) is -3.27. The summed E-state index contributed by atoms with van der Waals surface area (Å²) in [4.78, 5) is 185. The van der Waals surface area contributed by atoms with Gasteiger partial charge in [-0.1, -0.05) is 94.3 Å². The minimum absolute atomic E-state index is 0.0741. The molecule has 0 aliphatic carbocycles. The quantitative estimate of drug-likeness (QED) is 0.0176. The molecule has 2 fully saturated rings. The maximum Gasteiger partial charge on any atom is 0.245 e. The van der Waals surface area contributed by atoms with E-state index in [2.05, 4.69) is 47.5 Å². The molecule has 0 unspecified atom stereocenters. The lowest BCUT2D eigenvalue weighted by Gasteiger charge is -2.32. The van der Waals surface area contributed by atoms with Crippen LogP contribution >= 0.6 is 0 Å². The molecule has 2 aliphatic heterocycles. The molecule has 2 aliphatic rings. The summed E-state index contributed by atoms with van der Waals surface area (Å²) >= 11 is 0. The number of amides is 13. The lowest BCUT2D eigenvalue weighted by Crippen LogP contribution is -2.60. The first-order chi connectivity index (χ1) is 45.2. The fraction of sp³-hybridized carbons (Fsp3) is 0.594. The van der Waals surface area contributed by atoms with Crippen LogP contribution in [0.15, 0.2) is 65.7 Å². The second-order valence-electron chi connectivity index (χ2n) is 24.5. The van der Waals surface area contributed by atoms with E-state index in [-0.39, 0.29) is 76.6 Å². The number of nitrogens with one attached hydrogen (secondary N) is 8. The molecule has 524 valence electrons. The molecule has 0 saturated carbocycles. The van der Waals surface area contributed by atoms with Gasteiger partial charge in [0.1, 0.15) is 54.4 Å². The maximum absolute atomic E-state index is 14.7. The minimum Gasteiger partial charge on any atom is -0.370 e. The van der Waals surface area contributed by atoms with E-state index in [4.69, 9.17) is 40.1 Å². The van der Waals surface area contributed by atoms with Crippen LogP contribution in [0.4, 0.5) is 0 Å². The van der Waals surface area contributed by atoms with Crippen molar-refractivity contribution in [1.82, 2.24) is 52.3 Å². The van der Waals surface area contributed by atoms with Crippen LogP contribution in [0, 0.1) is 5.92 Å². The Kier molecular flexibility index (Phi) is 33.5. The molecule has 0 spiro atoms. The van der Waals surface area contributed by atoms with Gasteiger partial charge in [0.25, 0.3) is 0 Å². The zero-order chi connectivity index (χ0) is 70.1. The Bertz CT molecular complexity index is 2950. The van der Waals surface area contributed by atoms with Crippen LogP contribution in [-0.2, 0) is 75.2 Å². The third-order valence-corrected chi connectivity index (χ3v) is 16.3. The highest BCUT2D eigenvalue weighted by molar-refractivity contribution is 5.99. The standard InChI is InChI=1S/C64H100N18O13/c1-4-5-22-42(54(69)86)75-58(90)46(34-38(2)3)74-53(85)37-73-55(87)47(35-39-17-8-6-9-18-39)79-59(91)48(36-40-19-10-7-11-20-40)80-57(89)43(26-28-51(67)83)76-56(88)44(27-29-52(68)84)77-60(92)50-25-16-33-82(50)63(95)45(23-12-13-30-65)78-61(93)49-24-15-32-81(49)62(94)41(66)21-14-31-72-64(70)71/h6-11,17-20,38,41-50H,4-5,12-16,21-37,65-66H2,1-3H3,(H2,67,83)(H2,68,84)(H2,69,86)(H,73,87)(H,74,85)(H,75,90)(H,76,88)(H,77,92)(H,78,93)(H,79,91)(H,80,89)(H4,70,71,72)/t41-,42-,43-,44-,45-,46-,47-,48-,49-,50-/m0/s1. The number of unbranched alkanes of at least 4 members (excludes halogenated alkanes) is 2. The molecule has 2 aromatic rings. The zero-order valence-corrected chi connectivity index (χ0v) is 54.8. The lowest BCUT2D eigenvalue weighted by molar-refractivity contribution is -0.144. The number of hydrogen-bond acceptors (Lipinski definition) is 16. The monoisotopic (exact) mass is 1330 g/mol. The van der Waals surface area contributed by atoms with Crippen LogP contribution < -0.4 is 82.7 Å². The highest BCUT2D eigenvalue weighted by atomic mass is 16.2. The zero-order valence-electron chi connectivity index (χ0n) is 54.8. The number of benzene rings is 2. The Labute approximate surface area is 554 Å². The van der Waals surface area contributed by atoms with E-state index in [1.165, 1.54) is 9.80 Å². The first-order valence-electron chi connectivity index (χ1n) is 32.7. The number of rotatable bonds is 42. The van der Waals surface area contributed by atoms with E-state index >= 15 is 0 Å². The van der Waals surface area contributed by atoms with Crippen molar-refractivity contribution in [3.63, 3.8) is 0 Å². The summed E-state index contributed by atoms with van der Waals surface area (Å²) in [6, 6.07) is 4.55.